The average molecular weight is 182 g/mol. The molecule has 0 bridgehead atoms. The number of carbonyl (C=O) groups excluding carboxylic acids is 1. The van der Waals surface area contributed by atoms with Gasteiger partial charge < -0.3 is 9.84 Å². The van der Waals surface area contributed by atoms with Gasteiger partial charge in [-0.25, -0.2) is 0 Å². The second-order valence-electron chi connectivity index (χ2n) is 3.87. The molecule has 1 heterocycles. The lowest BCUT2D eigenvalue weighted by molar-refractivity contribution is -0.143. The Bertz CT molecular complexity index is 346. The molecular formula is C9H10O4. The minimum Gasteiger partial charge on any atom is -0.481 e. The average Bonchev–Trinajstić information content (AvgIpc) is 2.48. The van der Waals surface area contributed by atoms with Crippen molar-refractivity contribution in [2.24, 2.45) is 5.92 Å². The molecule has 70 valence electrons. The second kappa shape index (κ2) is 1.85. The van der Waals surface area contributed by atoms with Crippen LogP contribution in [0.15, 0.2) is 12.2 Å². The lowest BCUT2D eigenvalue weighted by atomic mass is 9.91. The predicted molar refractivity (Wildman–Crippen MR) is 43.2 cm³/mol. The van der Waals surface area contributed by atoms with Crippen LogP contribution >= 0.6 is 0 Å². The number of carboxylic acid groups (broad SMARTS) is 1. The molecule has 0 radical (unpaired) electrons. The van der Waals surface area contributed by atoms with Gasteiger partial charge in [-0.3, -0.25) is 9.59 Å². The fourth-order valence-corrected chi connectivity index (χ4v) is 2.16. The van der Waals surface area contributed by atoms with Crippen molar-refractivity contribution in [1.82, 2.24) is 0 Å². The molecule has 1 saturated carbocycles. The van der Waals surface area contributed by atoms with Gasteiger partial charge in [0.1, 0.15) is 11.5 Å². The van der Waals surface area contributed by atoms with Gasteiger partial charge in [-0.05, 0) is 13.8 Å². The Hall–Kier alpha value is -1.16. The summed E-state index contributed by atoms with van der Waals surface area (Å²) in [4.78, 5) is 22.3. The minimum atomic E-state index is -1.04. The standard InChI is InChI=1S/C9H10O4/c1-4-5(7(11)12)8(2)9(3,13-8)6(4)10/h5H,1H2,2-3H3,(H,11,12)/t5-,8+,9-/m0/s1. The van der Waals surface area contributed by atoms with Gasteiger partial charge >= 0.3 is 5.97 Å². The maximum absolute atomic E-state index is 11.5. The van der Waals surface area contributed by atoms with E-state index in [2.05, 4.69) is 6.58 Å². The molecule has 0 unspecified atom stereocenters. The van der Waals surface area contributed by atoms with Gasteiger partial charge in [-0.1, -0.05) is 6.58 Å². The number of hydrogen-bond acceptors (Lipinski definition) is 3. The van der Waals surface area contributed by atoms with Crippen LogP contribution in [0.3, 0.4) is 0 Å². The topological polar surface area (TPSA) is 66.9 Å². The number of hydrogen-bond donors (Lipinski definition) is 1. The Morgan fingerprint density at radius 2 is 2.15 bits per heavy atom. The summed E-state index contributed by atoms with van der Waals surface area (Å²) in [5.41, 5.74) is -1.65. The van der Waals surface area contributed by atoms with Crippen molar-refractivity contribution in [3.8, 4) is 0 Å². The predicted octanol–water partition coefficient (Wildman–Crippen LogP) is 0.374. The Kier molecular flexibility index (Phi) is 1.20. The maximum atomic E-state index is 11.5. The van der Waals surface area contributed by atoms with Crippen LogP contribution in [-0.4, -0.2) is 28.1 Å². The van der Waals surface area contributed by atoms with Gasteiger partial charge in [0, 0.05) is 5.57 Å². The summed E-state index contributed by atoms with van der Waals surface area (Å²) in [5, 5.41) is 8.89. The highest BCUT2D eigenvalue weighted by Crippen LogP contribution is 2.61. The molecule has 2 fully saturated rings. The highest BCUT2D eigenvalue weighted by Gasteiger charge is 2.79. The van der Waals surface area contributed by atoms with Crippen LogP contribution in [0.4, 0.5) is 0 Å². The van der Waals surface area contributed by atoms with Crippen molar-refractivity contribution < 1.29 is 19.4 Å². The highest BCUT2D eigenvalue weighted by atomic mass is 16.6. The Balaban J connectivity index is 2.49. The molecule has 1 N–H and O–H groups in total. The van der Waals surface area contributed by atoms with Gasteiger partial charge in [0.2, 0.25) is 0 Å². The lowest BCUT2D eigenvalue weighted by Gasteiger charge is -2.11. The van der Waals surface area contributed by atoms with E-state index in [4.69, 9.17) is 9.84 Å². The molecule has 4 heteroatoms. The molecule has 0 amide bonds. The Morgan fingerprint density at radius 1 is 1.62 bits per heavy atom. The van der Waals surface area contributed by atoms with Crippen LogP contribution < -0.4 is 0 Å². The monoisotopic (exact) mass is 182 g/mol. The van der Waals surface area contributed by atoms with E-state index in [9.17, 15) is 9.59 Å². The van der Waals surface area contributed by atoms with Crippen molar-refractivity contribution in [1.29, 1.82) is 0 Å². The third kappa shape index (κ3) is 0.659. The number of fused-ring (bicyclic) bond motifs is 1. The summed E-state index contributed by atoms with van der Waals surface area (Å²) in [6.07, 6.45) is 0. The van der Waals surface area contributed by atoms with E-state index in [1.807, 2.05) is 0 Å². The molecule has 1 saturated heterocycles. The first-order chi connectivity index (χ1) is 5.84. The molecule has 1 aliphatic heterocycles. The van der Waals surface area contributed by atoms with Crippen molar-refractivity contribution in [3.05, 3.63) is 12.2 Å². The van der Waals surface area contributed by atoms with Crippen LogP contribution in [0.2, 0.25) is 0 Å². The number of carbonyl (C=O) groups is 2. The normalized spacial score (nSPS) is 47.7. The van der Waals surface area contributed by atoms with Gasteiger partial charge in [-0.15, -0.1) is 0 Å². The fourth-order valence-electron chi connectivity index (χ4n) is 2.16. The number of Topliss-reactive ketones (excluding diaryl/α,β-unsaturated/α-hetero) is 1. The first-order valence-corrected chi connectivity index (χ1v) is 4.01. The van der Waals surface area contributed by atoms with Crippen LogP contribution in [0.25, 0.3) is 0 Å². The van der Waals surface area contributed by atoms with Gasteiger partial charge in [0.25, 0.3) is 0 Å². The zero-order valence-electron chi connectivity index (χ0n) is 7.46. The molecule has 13 heavy (non-hydrogen) atoms. The van der Waals surface area contributed by atoms with Crippen molar-refractivity contribution >= 4 is 11.8 Å². The number of ether oxygens (including phenoxy) is 1. The van der Waals surface area contributed by atoms with Gasteiger partial charge in [-0.2, -0.15) is 0 Å². The Labute approximate surface area is 75.2 Å². The molecule has 0 aromatic carbocycles. The summed E-state index contributed by atoms with van der Waals surface area (Å²) in [6.45, 7) is 6.75. The summed E-state index contributed by atoms with van der Waals surface area (Å²) in [7, 11) is 0. The minimum absolute atomic E-state index is 0.156. The maximum Gasteiger partial charge on any atom is 0.314 e. The summed E-state index contributed by atoms with van der Waals surface area (Å²) in [5.74, 6) is -2.20. The molecule has 2 aliphatic rings. The summed E-state index contributed by atoms with van der Waals surface area (Å²) >= 11 is 0. The number of rotatable bonds is 1. The molecule has 0 spiro atoms. The van der Waals surface area contributed by atoms with E-state index in [-0.39, 0.29) is 11.4 Å². The van der Waals surface area contributed by atoms with E-state index < -0.39 is 23.1 Å². The van der Waals surface area contributed by atoms with E-state index in [0.29, 0.717) is 0 Å². The van der Waals surface area contributed by atoms with Gasteiger partial charge in [0.15, 0.2) is 11.4 Å². The number of carboxylic acids is 1. The van der Waals surface area contributed by atoms with Crippen molar-refractivity contribution in [2.75, 3.05) is 0 Å². The van der Waals surface area contributed by atoms with Crippen LogP contribution in [-0.2, 0) is 14.3 Å². The second-order valence-corrected chi connectivity index (χ2v) is 3.87. The molecule has 1 aliphatic carbocycles. The first kappa shape index (κ1) is 8.44. The summed E-state index contributed by atoms with van der Waals surface area (Å²) < 4.78 is 5.19. The molecule has 2 rings (SSSR count). The largest absolute Gasteiger partial charge is 0.481 e. The zero-order valence-corrected chi connectivity index (χ0v) is 7.46. The molecule has 0 aromatic heterocycles. The summed E-state index contributed by atoms with van der Waals surface area (Å²) in [6, 6.07) is 0. The van der Waals surface area contributed by atoms with E-state index in [1.54, 1.807) is 13.8 Å². The molecule has 3 atom stereocenters. The molecular weight excluding hydrogens is 172 g/mol. The zero-order chi connectivity index (χ0) is 10.0. The smallest absolute Gasteiger partial charge is 0.314 e. The van der Waals surface area contributed by atoms with E-state index >= 15 is 0 Å². The van der Waals surface area contributed by atoms with Gasteiger partial charge in [0.05, 0.1) is 0 Å². The SMILES string of the molecule is C=C1C(=O)[C@]2(C)O[C@]2(C)[C@@H]1C(=O)O. The van der Waals surface area contributed by atoms with Crippen LogP contribution in [0, 0.1) is 5.92 Å². The van der Waals surface area contributed by atoms with Crippen molar-refractivity contribution in [2.45, 2.75) is 25.0 Å². The van der Waals surface area contributed by atoms with Crippen molar-refractivity contribution in [3.63, 3.8) is 0 Å². The van der Waals surface area contributed by atoms with E-state index in [1.165, 1.54) is 0 Å². The van der Waals surface area contributed by atoms with Crippen LogP contribution in [0.5, 0.6) is 0 Å². The third-order valence-corrected chi connectivity index (χ3v) is 3.19. The van der Waals surface area contributed by atoms with Crippen LogP contribution in [0.1, 0.15) is 13.8 Å². The first-order valence-electron chi connectivity index (χ1n) is 4.01. The Morgan fingerprint density at radius 3 is 2.38 bits per heavy atom. The number of ketones is 1. The lowest BCUT2D eigenvalue weighted by Crippen LogP contribution is -2.28. The van der Waals surface area contributed by atoms with E-state index in [0.717, 1.165) is 0 Å². The number of aliphatic carboxylic acids is 1. The fraction of sp³-hybridized carbons (Fsp3) is 0.556. The quantitative estimate of drug-likeness (QED) is 0.470. The third-order valence-electron chi connectivity index (χ3n) is 3.19. The highest BCUT2D eigenvalue weighted by molar-refractivity contribution is 6.12. The number of epoxide rings is 1. The molecule has 4 nitrogen and oxygen atoms in total. The molecule has 0 aromatic rings.